The van der Waals surface area contributed by atoms with Crippen molar-refractivity contribution in [2.24, 2.45) is 0 Å². The number of aromatic hydroxyl groups is 2. The summed E-state index contributed by atoms with van der Waals surface area (Å²) in [6.45, 7) is -0.457. The van der Waals surface area contributed by atoms with Crippen molar-refractivity contribution < 1.29 is 198 Å². The molecule has 27 heavy (non-hydrogen) atoms. The summed E-state index contributed by atoms with van der Waals surface area (Å²) < 4.78 is 16.1. The van der Waals surface area contributed by atoms with Crippen LogP contribution in [0.1, 0.15) is 18.4 Å². The Morgan fingerprint density at radius 3 is 2.22 bits per heavy atom. The van der Waals surface area contributed by atoms with Crippen LogP contribution in [0.25, 0.3) is 0 Å². The molecule has 0 saturated heterocycles. The minimum atomic E-state index is -4.77. The smallest absolute Gasteiger partial charge is 0.766 e. The number of rotatable bonds is 10. The Morgan fingerprint density at radius 1 is 1.15 bits per heavy atom. The third-order valence-electron chi connectivity index (χ3n) is 2.86. The van der Waals surface area contributed by atoms with E-state index in [2.05, 4.69) is 4.52 Å². The number of carboxylic acids is 2. The van der Waals surface area contributed by atoms with Gasteiger partial charge in [-0.3, -0.25) is 4.57 Å². The van der Waals surface area contributed by atoms with Gasteiger partial charge in [0.1, 0.15) is 0 Å². The standard InChI is InChI=1S/C13H18NO9P.3K/c15-10-4-3-8(7-11(10)16)6-9(13(19)20)14-24(21,22)23-5-1-2-12(17)18;;;/h3-4,7,9,15-16H,1-2,5-6H2,(H,17,18)(H,19,20)(H2,14,21,22);;;/q;3*+1/p-3/t9-;;;/m0.../s1. The topological polar surface area (TPSA) is 182 Å². The number of nitrogens with one attached hydrogen (secondary N) is 1. The molecule has 3 N–H and O–H groups in total. The molecule has 1 aromatic carbocycles. The van der Waals surface area contributed by atoms with Gasteiger partial charge in [0.05, 0.1) is 18.6 Å². The molecule has 1 unspecified atom stereocenters. The summed E-state index contributed by atoms with van der Waals surface area (Å²) in [6.07, 6.45) is -0.903. The molecule has 0 aliphatic heterocycles. The molecule has 2 atom stereocenters. The van der Waals surface area contributed by atoms with Crippen LogP contribution in [0.2, 0.25) is 0 Å². The molecular formula is C13H15K3NO9P. The van der Waals surface area contributed by atoms with Gasteiger partial charge >= 0.3 is 154 Å². The maximum absolute atomic E-state index is 11.7. The second kappa shape index (κ2) is 17.3. The van der Waals surface area contributed by atoms with Crippen LogP contribution in [0.4, 0.5) is 0 Å². The molecule has 1 rings (SSSR count). The number of phenols is 2. The zero-order valence-corrected chi connectivity index (χ0v) is 25.6. The molecule has 0 bridgehead atoms. The van der Waals surface area contributed by atoms with Crippen molar-refractivity contribution in [3.63, 3.8) is 0 Å². The van der Waals surface area contributed by atoms with Crippen LogP contribution >= 0.6 is 7.75 Å². The van der Waals surface area contributed by atoms with Gasteiger partial charge in [-0.25, -0.2) is 5.09 Å². The van der Waals surface area contributed by atoms with Gasteiger partial charge in [-0.1, -0.05) is 6.07 Å². The fourth-order valence-electron chi connectivity index (χ4n) is 1.74. The average Bonchev–Trinajstić information content (AvgIpc) is 2.46. The first-order valence-corrected chi connectivity index (χ1v) is 8.30. The summed E-state index contributed by atoms with van der Waals surface area (Å²) in [5.74, 6) is -4.00. The van der Waals surface area contributed by atoms with Crippen molar-refractivity contribution in [2.45, 2.75) is 25.3 Å². The van der Waals surface area contributed by atoms with Gasteiger partial charge < -0.3 is 39.4 Å². The summed E-state index contributed by atoms with van der Waals surface area (Å²) >= 11 is 0. The van der Waals surface area contributed by atoms with E-state index in [4.69, 9.17) is 0 Å². The molecule has 0 radical (unpaired) electrons. The van der Waals surface area contributed by atoms with Crippen molar-refractivity contribution in [1.82, 2.24) is 5.09 Å². The van der Waals surface area contributed by atoms with Crippen molar-refractivity contribution in [3.8, 4) is 11.5 Å². The minimum Gasteiger partial charge on any atom is -0.766 e. The van der Waals surface area contributed by atoms with E-state index in [0.29, 0.717) is 0 Å². The maximum atomic E-state index is 11.7. The van der Waals surface area contributed by atoms with E-state index >= 15 is 0 Å². The Bertz CT molecular complexity index is 662. The number of carbonyl (C=O) groups excluding carboxylic acids is 2. The molecule has 0 aliphatic carbocycles. The largest absolute Gasteiger partial charge is 1.00 e. The molecule has 0 aromatic heterocycles. The summed E-state index contributed by atoms with van der Waals surface area (Å²) in [6, 6.07) is 1.80. The first-order valence-electron chi connectivity index (χ1n) is 6.75. The van der Waals surface area contributed by atoms with E-state index < -0.39 is 50.3 Å². The number of aliphatic carboxylic acids is 2. The number of benzene rings is 1. The van der Waals surface area contributed by atoms with E-state index in [0.717, 1.165) is 12.1 Å². The summed E-state index contributed by atoms with van der Waals surface area (Å²) in [5.41, 5.74) is 0.226. The third kappa shape index (κ3) is 15.3. The Labute approximate surface area is 283 Å². The molecule has 1 aromatic rings. The van der Waals surface area contributed by atoms with Gasteiger partial charge in [0.2, 0.25) is 7.75 Å². The fraction of sp³-hybridized carbons (Fsp3) is 0.385. The van der Waals surface area contributed by atoms with E-state index in [1.807, 2.05) is 0 Å². The fourth-order valence-corrected chi connectivity index (χ4v) is 2.77. The number of carboxylic acid groups (broad SMARTS) is 2. The van der Waals surface area contributed by atoms with Gasteiger partial charge in [-0.05, 0) is 37.0 Å². The third-order valence-corrected chi connectivity index (χ3v) is 4.01. The molecule has 0 saturated carbocycles. The zero-order valence-electron chi connectivity index (χ0n) is 15.3. The molecule has 134 valence electrons. The van der Waals surface area contributed by atoms with E-state index in [1.54, 1.807) is 5.09 Å². The normalized spacial score (nSPS) is 13.1. The molecule has 0 spiro atoms. The first kappa shape index (κ1) is 34.4. The maximum Gasteiger partial charge on any atom is 1.00 e. The molecule has 0 amide bonds. The molecule has 0 fully saturated rings. The number of carbonyl (C=O) groups is 2. The Morgan fingerprint density at radius 2 is 1.74 bits per heavy atom. The summed E-state index contributed by atoms with van der Waals surface area (Å²) in [4.78, 5) is 32.9. The first-order chi connectivity index (χ1) is 11.1. The zero-order chi connectivity index (χ0) is 18.3. The van der Waals surface area contributed by atoms with Crippen molar-refractivity contribution in [3.05, 3.63) is 23.8 Å². The van der Waals surface area contributed by atoms with Crippen LogP contribution in [0.5, 0.6) is 11.5 Å². The summed E-state index contributed by atoms with van der Waals surface area (Å²) in [7, 11) is -4.77. The van der Waals surface area contributed by atoms with Crippen LogP contribution in [0.15, 0.2) is 18.2 Å². The average molecular weight is 478 g/mol. The van der Waals surface area contributed by atoms with E-state index in [-0.39, 0.29) is 173 Å². The second-order valence-electron chi connectivity index (χ2n) is 4.83. The van der Waals surface area contributed by atoms with Crippen LogP contribution in [-0.4, -0.2) is 34.8 Å². The minimum absolute atomic E-state index is 0. The van der Waals surface area contributed by atoms with E-state index in [1.165, 1.54) is 6.07 Å². The van der Waals surface area contributed by atoms with Crippen LogP contribution in [-0.2, 0) is 25.1 Å². The monoisotopic (exact) mass is 477 g/mol. The van der Waals surface area contributed by atoms with Gasteiger partial charge in [0.15, 0.2) is 11.5 Å². The Kier molecular flexibility index (Phi) is 22.1. The predicted octanol–water partition coefficient (Wildman–Crippen LogP) is -11.6. The second-order valence-corrected chi connectivity index (χ2v) is 6.35. The van der Waals surface area contributed by atoms with Crippen LogP contribution < -0.4 is 174 Å². The predicted molar refractivity (Wildman–Crippen MR) is 73.2 cm³/mol. The molecule has 10 nitrogen and oxygen atoms in total. The Hall–Kier alpha value is 2.78. The molecule has 14 heteroatoms. The van der Waals surface area contributed by atoms with Crippen molar-refractivity contribution in [2.75, 3.05) is 6.61 Å². The van der Waals surface area contributed by atoms with Gasteiger partial charge in [-0.2, -0.15) is 0 Å². The Balaban J connectivity index is -0.00000192. The number of hydrogen-bond acceptors (Lipinski definition) is 9. The van der Waals surface area contributed by atoms with Crippen molar-refractivity contribution in [1.29, 1.82) is 0 Å². The molecule has 0 heterocycles. The van der Waals surface area contributed by atoms with Crippen LogP contribution in [0, 0.1) is 0 Å². The SMILES string of the molecule is O=C([O-])CCCOP(=O)([O-])N[C@@H](Cc1ccc(O)c(O)c1)C(=O)[O-].[K+].[K+].[K+]. The summed E-state index contributed by atoms with van der Waals surface area (Å²) in [5, 5.41) is 41.6. The van der Waals surface area contributed by atoms with E-state index in [9.17, 15) is 39.5 Å². The molecule has 0 aliphatic rings. The quantitative estimate of drug-likeness (QED) is 0.127. The number of phenolic OH excluding ortho intramolecular Hbond substituents is 2. The van der Waals surface area contributed by atoms with Gasteiger partial charge in [-0.15, -0.1) is 0 Å². The number of hydrogen-bond donors (Lipinski definition) is 3. The van der Waals surface area contributed by atoms with Crippen LogP contribution in [0.3, 0.4) is 0 Å². The van der Waals surface area contributed by atoms with Gasteiger partial charge in [0, 0.05) is 5.97 Å². The van der Waals surface area contributed by atoms with Gasteiger partial charge in [0.25, 0.3) is 0 Å². The molecular weight excluding hydrogens is 462 g/mol. The van der Waals surface area contributed by atoms with Crippen molar-refractivity contribution >= 4 is 19.7 Å².